The molecule has 0 aromatic heterocycles. The zero-order chi connectivity index (χ0) is 26.8. The first-order valence-electron chi connectivity index (χ1n) is 12.9. The van der Waals surface area contributed by atoms with Crippen molar-refractivity contribution in [3.63, 3.8) is 0 Å². The Hall–Kier alpha value is -0.980. The first-order chi connectivity index (χ1) is 15.9. The zero-order valence-corrected chi connectivity index (χ0v) is 27.8. The van der Waals surface area contributed by atoms with E-state index in [-0.39, 0.29) is 16.3 Å². The Morgan fingerprint density at radius 3 is 1.80 bits per heavy atom. The van der Waals surface area contributed by atoms with E-state index in [1.54, 1.807) is 23.3 Å². The van der Waals surface area contributed by atoms with Crippen LogP contribution in [-0.4, -0.2) is 5.43 Å². The molecule has 0 heterocycles. The summed E-state index contributed by atoms with van der Waals surface area (Å²) >= 11 is 1.74. The second-order valence-electron chi connectivity index (χ2n) is 13.3. The van der Waals surface area contributed by atoms with Crippen LogP contribution in [0, 0.1) is 23.5 Å². The molecule has 2 aromatic carbocycles. The van der Waals surface area contributed by atoms with Gasteiger partial charge in [0.05, 0.1) is 0 Å². The molecule has 1 unspecified atom stereocenters. The second-order valence-corrected chi connectivity index (χ2v) is 22.7. The van der Waals surface area contributed by atoms with Crippen molar-refractivity contribution < 1.29 is 23.3 Å². The molecule has 1 atom stereocenters. The van der Waals surface area contributed by atoms with Gasteiger partial charge in [-0.2, -0.15) is 41.0 Å². The molecular formula is C33H46SiZr. The Labute approximate surface area is 232 Å². The van der Waals surface area contributed by atoms with Crippen LogP contribution < -0.4 is 0 Å². The molecule has 0 spiro atoms. The average molecular weight is 562 g/mol. The monoisotopic (exact) mass is 560 g/mol. The van der Waals surface area contributed by atoms with Crippen LogP contribution >= 0.6 is 0 Å². The number of benzene rings is 2. The summed E-state index contributed by atoms with van der Waals surface area (Å²) < 4.78 is 0. The fraction of sp³-hybridized carbons (Fsp3) is 0.515. The van der Waals surface area contributed by atoms with Gasteiger partial charge in [-0.1, -0.05) is 115 Å². The maximum absolute atomic E-state index is 3.53. The molecule has 0 nitrogen and oxygen atoms in total. The van der Waals surface area contributed by atoms with Gasteiger partial charge >= 0.3 is 41.9 Å². The van der Waals surface area contributed by atoms with Gasteiger partial charge in [0.2, 0.25) is 0 Å². The molecule has 35 heavy (non-hydrogen) atoms. The first-order valence-corrected chi connectivity index (χ1v) is 19.1. The van der Waals surface area contributed by atoms with Crippen molar-refractivity contribution in [1.82, 2.24) is 0 Å². The molecule has 0 N–H and O–H groups in total. The van der Waals surface area contributed by atoms with Crippen LogP contribution in [0.4, 0.5) is 0 Å². The van der Waals surface area contributed by atoms with Crippen LogP contribution in [0.1, 0.15) is 91.5 Å². The van der Waals surface area contributed by atoms with Gasteiger partial charge in [-0.3, -0.25) is 6.08 Å². The number of hydrogen-bond donors (Lipinski definition) is 0. The van der Waals surface area contributed by atoms with Crippen molar-refractivity contribution in [3.8, 4) is 11.1 Å². The summed E-state index contributed by atoms with van der Waals surface area (Å²) in [5.41, 5.74) is 10.7. The Morgan fingerprint density at radius 2 is 1.37 bits per heavy atom. The molecule has 0 radical (unpaired) electrons. The summed E-state index contributed by atoms with van der Waals surface area (Å²) in [7, 11) is 0. The molecule has 0 saturated carbocycles. The van der Waals surface area contributed by atoms with E-state index in [4.69, 9.17) is 0 Å². The third-order valence-electron chi connectivity index (χ3n) is 6.32. The van der Waals surface area contributed by atoms with Crippen molar-refractivity contribution in [2.24, 2.45) is 11.3 Å². The van der Waals surface area contributed by atoms with Gasteiger partial charge < -0.3 is 0 Å². The van der Waals surface area contributed by atoms with E-state index in [2.05, 4.69) is 137 Å². The molecular weight excluding hydrogens is 516 g/mol. The molecule has 0 bridgehead atoms. The van der Waals surface area contributed by atoms with Crippen LogP contribution in [0.5, 0.6) is 0 Å². The van der Waals surface area contributed by atoms with Gasteiger partial charge in [-0.05, 0) is 17.4 Å². The number of rotatable bonds is 0. The minimum absolute atomic E-state index is 0.177. The van der Waals surface area contributed by atoms with E-state index < -0.39 is 0 Å². The average Bonchev–Trinajstić information content (AvgIpc) is 3.29. The van der Waals surface area contributed by atoms with E-state index in [0.717, 1.165) is 6.42 Å². The summed E-state index contributed by atoms with van der Waals surface area (Å²) in [5, 5.41) is 0. The van der Waals surface area contributed by atoms with Crippen molar-refractivity contribution in [2.45, 2.75) is 99.6 Å². The Kier molecular flexibility index (Phi) is 10.0. The van der Waals surface area contributed by atoms with Gasteiger partial charge in [0.1, 0.15) is 0 Å². The first kappa shape index (κ1) is 30.2. The molecule has 2 heteroatoms. The Balaban J connectivity index is 0.000000257. The van der Waals surface area contributed by atoms with Crippen LogP contribution in [0.25, 0.3) is 11.1 Å². The Morgan fingerprint density at radius 1 is 0.829 bits per heavy atom. The molecule has 2 aliphatic rings. The predicted octanol–water partition coefficient (Wildman–Crippen LogP) is 9.41. The van der Waals surface area contributed by atoms with Gasteiger partial charge in [0, 0.05) is 0 Å². The summed E-state index contributed by atoms with van der Waals surface area (Å²) in [6.07, 6.45) is 8.68. The van der Waals surface area contributed by atoms with E-state index >= 15 is 0 Å². The van der Waals surface area contributed by atoms with Crippen molar-refractivity contribution in [2.75, 3.05) is 0 Å². The summed E-state index contributed by atoms with van der Waals surface area (Å²) in [6.45, 7) is 27.1. The van der Waals surface area contributed by atoms with E-state index in [9.17, 15) is 0 Å². The van der Waals surface area contributed by atoms with Crippen molar-refractivity contribution in [3.05, 3.63) is 82.5 Å². The Bertz CT molecular complexity index is 1050. The minimum atomic E-state index is 0.177. The molecule has 2 aliphatic carbocycles. The summed E-state index contributed by atoms with van der Waals surface area (Å²) in [5.74, 6) is 0.522. The summed E-state index contributed by atoms with van der Waals surface area (Å²) in [6, 6.07) is 15.1. The van der Waals surface area contributed by atoms with Crippen molar-refractivity contribution >= 4 is 5.43 Å². The quantitative estimate of drug-likeness (QED) is 0.189. The predicted molar refractivity (Wildman–Crippen MR) is 153 cm³/mol. The fourth-order valence-corrected chi connectivity index (χ4v) is 4.04. The van der Waals surface area contributed by atoms with Gasteiger partial charge in [0.25, 0.3) is 0 Å². The van der Waals surface area contributed by atoms with Crippen LogP contribution in [-0.2, 0) is 40.6 Å². The van der Waals surface area contributed by atoms with Crippen LogP contribution in [0.2, 0.25) is 13.1 Å². The zero-order valence-electron chi connectivity index (χ0n) is 24.3. The number of allylic oxidation sites excluding steroid dienone is 4. The topological polar surface area (TPSA) is 0 Å². The molecule has 2 aromatic rings. The number of fused-ring (bicyclic) bond motifs is 3. The normalized spacial score (nSPS) is 16.4. The van der Waals surface area contributed by atoms with Crippen LogP contribution in [0.15, 0.2) is 48.1 Å². The molecule has 0 aliphatic heterocycles. The van der Waals surface area contributed by atoms with E-state index in [1.165, 1.54) is 39.0 Å². The van der Waals surface area contributed by atoms with Crippen molar-refractivity contribution in [1.29, 1.82) is 0 Å². The standard InChI is InChI=1S/C21H25.C10H15.C2H6Si.Zr/c1-20(2,3)16-9-7-14-11-15-8-10-17(21(4,5)6)13-19(15)18(14)12-16;1-8-5-6-9(7-8)10(2,3)4;1-3-2;/h7,9-10,12-13H,11H2,1-6H3;6-8H,1-4H3;1-2H3;/q2*-1;;+2. The van der Waals surface area contributed by atoms with Gasteiger partial charge in [-0.15, -0.1) is 5.56 Å². The molecule has 4 rings (SSSR count). The number of hydrogen-bond acceptors (Lipinski definition) is 0. The third-order valence-corrected chi connectivity index (χ3v) is 6.32. The second kappa shape index (κ2) is 11.6. The molecule has 0 saturated heterocycles. The third kappa shape index (κ3) is 8.82. The van der Waals surface area contributed by atoms with Gasteiger partial charge in [0.15, 0.2) is 0 Å². The fourth-order valence-electron chi connectivity index (χ4n) is 4.04. The maximum atomic E-state index is 3.53. The van der Waals surface area contributed by atoms with Gasteiger partial charge in [-0.25, -0.2) is 6.08 Å². The molecule has 0 fully saturated rings. The van der Waals surface area contributed by atoms with E-state index in [0.29, 0.717) is 11.3 Å². The molecule has 186 valence electrons. The SMILES string of the molecule is CC(C)(C)c1c[c-]c2c(c1)-c1cc(C(C)(C)C)ccc1C2.CC1[C-]=CC(C(C)(C)C)=C1.C[Si](C)=[Zr+2]. The van der Waals surface area contributed by atoms with E-state index in [1.807, 2.05) is 0 Å². The molecule has 0 amide bonds. The summed E-state index contributed by atoms with van der Waals surface area (Å²) in [4.78, 5) is 0. The van der Waals surface area contributed by atoms with Crippen LogP contribution in [0.3, 0.4) is 0 Å².